The number of hydrogen-bond donors (Lipinski definition) is 0. The van der Waals surface area contributed by atoms with E-state index in [2.05, 4.69) is 5.10 Å². The lowest BCUT2D eigenvalue weighted by atomic mass is 10.0. The number of carbonyl (C=O) groups is 1. The smallest absolute Gasteiger partial charge is 0.281 e. The second kappa shape index (κ2) is 9.36. The number of amides is 1. The quantitative estimate of drug-likeness (QED) is 0.501. The van der Waals surface area contributed by atoms with Gasteiger partial charge in [0, 0.05) is 11.4 Å². The van der Waals surface area contributed by atoms with Crippen molar-refractivity contribution in [2.24, 2.45) is 5.10 Å². The number of hydrogen-bond acceptors (Lipinski definition) is 6. The van der Waals surface area contributed by atoms with Crippen molar-refractivity contribution in [2.75, 3.05) is 20.8 Å². The van der Waals surface area contributed by atoms with Crippen molar-refractivity contribution in [3.05, 3.63) is 76.7 Å². The van der Waals surface area contributed by atoms with Crippen LogP contribution in [-0.4, -0.2) is 37.5 Å². The van der Waals surface area contributed by atoms with E-state index in [1.807, 2.05) is 37.3 Å². The zero-order chi connectivity index (χ0) is 22.7. The van der Waals surface area contributed by atoms with Gasteiger partial charge in [0.05, 0.1) is 26.2 Å². The first-order valence-electron chi connectivity index (χ1n) is 10.0. The van der Waals surface area contributed by atoms with Gasteiger partial charge in [-0.3, -0.25) is 4.79 Å². The van der Waals surface area contributed by atoms with Crippen molar-refractivity contribution in [3.63, 3.8) is 0 Å². The molecule has 1 atom stereocenters. The number of aryl methyl sites for hydroxylation is 1. The molecular weight excluding hydrogens is 432 g/mol. The highest BCUT2D eigenvalue weighted by Crippen LogP contribution is 2.39. The van der Waals surface area contributed by atoms with E-state index in [1.165, 1.54) is 5.01 Å². The van der Waals surface area contributed by atoms with Crippen LogP contribution in [0.1, 0.15) is 29.3 Å². The van der Waals surface area contributed by atoms with Crippen molar-refractivity contribution < 1.29 is 23.4 Å². The Morgan fingerprint density at radius 3 is 2.44 bits per heavy atom. The lowest BCUT2D eigenvalue weighted by Gasteiger charge is -2.21. The van der Waals surface area contributed by atoms with Gasteiger partial charge in [-0.25, -0.2) is 5.01 Å². The third-order valence-electron chi connectivity index (χ3n) is 5.16. The standard InChI is InChI=1S/C24H23ClN2O5/c1-15-11-21(29-2)24(22(12-15)30-3)32-14-23(28)27-19(20-5-4-10-31-20)13-18(26-27)16-6-8-17(25)9-7-16/h4-12,19H,13-14H2,1-3H3. The molecule has 1 aromatic heterocycles. The van der Waals surface area contributed by atoms with Crippen LogP contribution in [-0.2, 0) is 4.79 Å². The summed E-state index contributed by atoms with van der Waals surface area (Å²) in [7, 11) is 3.08. The lowest BCUT2D eigenvalue weighted by molar-refractivity contribution is -0.135. The van der Waals surface area contributed by atoms with Crippen molar-refractivity contribution in [3.8, 4) is 17.2 Å². The minimum Gasteiger partial charge on any atom is -0.493 e. The monoisotopic (exact) mass is 454 g/mol. The van der Waals surface area contributed by atoms with E-state index in [1.54, 1.807) is 38.7 Å². The van der Waals surface area contributed by atoms with Gasteiger partial charge in [-0.15, -0.1) is 0 Å². The maximum Gasteiger partial charge on any atom is 0.281 e. The summed E-state index contributed by atoms with van der Waals surface area (Å²) in [4.78, 5) is 13.2. The first-order valence-corrected chi connectivity index (χ1v) is 10.4. The zero-order valence-electron chi connectivity index (χ0n) is 18.0. The molecule has 3 aromatic rings. The summed E-state index contributed by atoms with van der Waals surface area (Å²) in [5.41, 5.74) is 2.61. The summed E-state index contributed by atoms with van der Waals surface area (Å²) >= 11 is 6.01. The molecule has 2 heterocycles. The van der Waals surface area contributed by atoms with Gasteiger partial charge in [0.1, 0.15) is 11.8 Å². The van der Waals surface area contributed by atoms with Gasteiger partial charge in [-0.2, -0.15) is 5.10 Å². The molecule has 0 saturated heterocycles. The molecule has 0 spiro atoms. The molecule has 32 heavy (non-hydrogen) atoms. The molecule has 0 bridgehead atoms. The van der Waals surface area contributed by atoms with Crippen molar-refractivity contribution in [1.82, 2.24) is 5.01 Å². The Bertz CT molecular complexity index is 1100. The number of ether oxygens (including phenoxy) is 3. The Kier molecular flexibility index (Phi) is 6.37. The molecule has 7 nitrogen and oxygen atoms in total. The lowest BCUT2D eigenvalue weighted by Crippen LogP contribution is -2.31. The van der Waals surface area contributed by atoms with Gasteiger partial charge in [0.25, 0.3) is 5.91 Å². The Labute approximate surface area is 191 Å². The van der Waals surface area contributed by atoms with Crippen LogP contribution in [0.3, 0.4) is 0 Å². The summed E-state index contributed by atoms with van der Waals surface area (Å²) in [6.07, 6.45) is 2.09. The molecule has 1 amide bonds. The van der Waals surface area contributed by atoms with Gasteiger partial charge in [0.2, 0.25) is 5.75 Å². The number of carbonyl (C=O) groups excluding carboxylic acids is 1. The zero-order valence-corrected chi connectivity index (χ0v) is 18.8. The average Bonchev–Trinajstić information content (AvgIpc) is 3.48. The summed E-state index contributed by atoms with van der Waals surface area (Å²) in [5, 5.41) is 6.64. The SMILES string of the molecule is COc1cc(C)cc(OC)c1OCC(=O)N1N=C(c2ccc(Cl)cc2)CC1c1ccco1. The molecule has 1 aliphatic heterocycles. The van der Waals surface area contributed by atoms with E-state index in [0.717, 1.165) is 16.8 Å². The molecule has 0 radical (unpaired) electrons. The number of halogens is 1. The van der Waals surface area contributed by atoms with Crippen LogP contribution in [0.2, 0.25) is 5.02 Å². The number of furan rings is 1. The fraction of sp³-hybridized carbons (Fsp3) is 0.250. The van der Waals surface area contributed by atoms with Crippen LogP contribution in [0, 0.1) is 6.92 Å². The van der Waals surface area contributed by atoms with Crippen molar-refractivity contribution >= 4 is 23.2 Å². The van der Waals surface area contributed by atoms with Crippen LogP contribution < -0.4 is 14.2 Å². The topological polar surface area (TPSA) is 73.5 Å². The Morgan fingerprint density at radius 1 is 1.16 bits per heavy atom. The van der Waals surface area contributed by atoms with Crippen LogP contribution in [0.25, 0.3) is 0 Å². The van der Waals surface area contributed by atoms with Gasteiger partial charge in [-0.1, -0.05) is 23.7 Å². The predicted molar refractivity (Wildman–Crippen MR) is 121 cm³/mol. The van der Waals surface area contributed by atoms with Gasteiger partial charge in [0.15, 0.2) is 18.1 Å². The summed E-state index contributed by atoms with van der Waals surface area (Å²) in [6.45, 7) is 1.68. The van der Waals surface area contributed by atoms with Crippen LogP contribution in [0.4, 0.5) is 0 Å². The minimum atomic E-state index is -0.367. The highest BCUT2D eigenvalue weighted by molar-refractivity contribution is 6.30. The first-order chi connectivity index (χ1) is 15.5. The predicted octanol–water partition coefficient (Wildman–Crippen LogP) is 5.02. The molecular formula is C24H23ClN2O5. The second-order valence-corrected chi connectivity index (χ2v) is 7.75. The van der Waals surface area contributed by atoms with E-state index in [9.17, 15) is 4.79 Å². The maximum absolute atomic E-state index is 13.2. The Balaban J connectivity index is 1.58. The molecule has 2 aromatic carbocycles. The van der Waals surface area contributed by atoms with E-state index in [0.29, 0.717) is 34.5 Å². The molecule has 0 saturated carbocycles. The molecule has 166 valence electrons. The van der Waals surface area contributed by atoms with Gasteiger partial charge < -0.3 is 18.6 Å². The van der Waals surface area contributed by atoms with Crippen molar-refractivity contribution in [2.45, 2.75) is 19.4 Å². The highest BCUT2D eigenvalue weighted by atomic mass is 35.5. The summed E-state index contributed by atoms with van der Waals surface area (Å²) in [6, 6.07) is 14.2. The fourth-order valence-electron chi connectivity index (χ4n) is 3.61. The fourth-order valence-corrected chi connectivity index (χ4v) is 3.74. The Hall–Kier alpha value is -3.45. The van der Waals surface area contributed by atoms with E-state index in [-0.39, 0.29) is 18.6 Å². The number of nitrogens with zero attached hydrogens (tertiary/aromatic N) is 2. The molecule has 4 rings (SSSR count). The van der Waals surface area contributed by atoms with E-state index < -0.39 is 0 Å². The van der Waals surface area contributed by atoms with Crippen LogP contribution in [0.15, 0.2) is 64.3 Å². The normalized spacial score (nSPS) is 15.4. The Morgan fingerprint density at radius 2 is 1.84 bits per heavy atom. The summed E-state index contributed by atoms with van der Waals surface area (Å²) < 4.78 is 22.2. The number of methoxy groups -OCH3 is 2. The molecule has 1 unspecified atom stereocenters. The largest absolute Gasteiger partial charge is 0.493 e. The highest BCUT2D eigenvalue weighted by Gasteiger charge is 2.35. The van der Waals surface area contributed by atoms with Crippen LogP contribution in [0.5, 0.6) is 17.2 Å². The molecule has 1 aliphatic rings. The number of benzene rings is 2. The average molecular weight is 455 g/mol. The second-order valence-electron chi connectivity index (χ2n) is 7.31. The third kappa shape index (κ3) is 4.43. The van der Waals surface area contributed by atoms with E-state index >= 15 is 0 Å². The van der Waals surface area contributed by atoms with Gasteiger partial charge in [-0.05, 0) is 54.4 Å². The number of rotatable bonds is 7. The van der Waals surface area contributed by atoms with Crippen molar-refractivity contribution in [1.29, 1.82) is 0 Å². The van der Waals surface area contributed by atoms with Crippen LogP contribution >= 0.6 is 11.6 Å². The van der Waals surface area contributed by atoms with E-state index in [4.69, 9.17) is 30.2 Å². The molecule has 0 N–H and O–H groups in total. The third-order valence-corrected chi connectivity index (χ3v) is 5.41. The molecule has 8 heteroatoms. The molecule has 0 fully saturated rings. The minimum absolute atomic E-state index is 0.246. The summed E-state index contributed by atoms with van der Waals surface area (Å²) in [5.74, 6) is 1.68. The maximum atomic E-state index is 13.2. The first kappa shape index (κ1) is 21.8. The molecule has 0 aliphatic carbocycles. The van der Waals surface area contributed by atoms with Gasteiger partial charge >= 0.3 is 0 Å². The number of hydrazone groups is 1.